The van der Waals surface area contributed by atoms with Crippen LogP contribution in [0.25, 0.3) is 0 Å². The molecule has 0 fully saturated rings. The number of rotatable bonds is 6. The molecule has 1 aromatic heterocycles. The molecule has 6 nitrogen and oxygen atoms in total. The molecule has 0 atom stereocenters. The molecule has 156 valence electrons. The van der Waals surface area contributed by atoms with Crippen LogP contribution in [-0.4, -0.2) is 22.5 Å². The van der Waals surface area contributed by atoms with Gasteiger partial charge in [0.15, 0.2) is 5.75 Å². The first-order chi connectivity index (χ1) is 14.3. The number of anilines is 1. The number of hydrogen-bond donors (Lipinski definition) is 1. The van der Waals surface area contributed by atoms with Gasteiger partial charge >= 0.3 is 6.18 Å². The van der Waals surface area contributed by atoms with Crippen molar-refractivity contribution in [2.75, 3.05) is 11.9 Å². The molecule has 1 N–H and O–H groups in total. The summed E-state index contributed by atoms with van der Waals surface area (Å²) in [7, 11) is 0. The van der Waals surface area contributed by atoms with Crippen molar-refractivity contribution in [3.63, 3.8) is 0 Å². The molecule has 3 aromatic rings. The number of amides is 1. The van der Waals surface area contributed by atoms with E-state index in [1.54, 1.807) is 31.2 Å². The third kappa shape index (κ3) is 5.25. The van der Waals surface area contributed by atoms with E-state index < -0.39 is 17.6 Å². The lowest BCUT2D eigenvalue weighted by atomic mass is 10.1. The number of carbonyl (C=O) groups is 1. The Balaban J connectivity index is 1.90. The van der Waals surface area contributed by atoms with Gasteiger partial charge in [0.05, 0.1) is 29.7 Å². The molecule has 0 radical (unpaired) electrons. The van der Waals surface area contributed by atoms with Gasteiger partial charge in [-0.1, -0.05) is 0 Å². The van der Waals surface area contributed by atoms with Crippen molar-refractivity contribution in [3.05, 3.63) is 71.8 Å². The van der Waals surface area contributed by atoms with E-state index in [-0.39, 0.29) is 17.1 Å². The standard InChI is InChI=1S/C21H18F3N3O3/c1-3-29-15-5-7-16(8-6-15)30-19-9-4-14(21(22,23)24)10-17(19)27-20(28)18-12-25-13(2)11-26-18/h4-12H,3H2,1-2H3,(H,27,28). The summed E-state index contributed by atoms with van der Waals surface area (Å²) in [5, 5.41) is 2.42. The van der Waals surface area contributed by atoms with Crippen molar-refractivity contribution in [2.24, 2.45) is 0 Å². The van der Waals surface area contributed by atoms with Crippen LogP contribution in [0.5, 0.6) is 17.2 Å². The van der Waals surface area contributed by atoms with Crippen LogP contribution >= 0.6 is 0 Å². The summed E-state index contributed by atoms with van der Waals surface area (Å²) in [6, 6.07) is 9.40. The van der Waals surface area contributed by atoms with Crippen LogP contribution < -0.4 is 14.8 Å². The van der Waals surface area contributed by atoms with Crippen molar-refractivity contribution in [3.8, 4) is 17.2 Å². The molecule has 9 heteroatoms. The summed E-state index contributed by atoms with van der Waals surface area (Å²) < 4.78 is 50.5. The van der Waals surface area contributed by atoms with Crippen LogP contribution in [0.1, 0.15) is 28.7 Å². The SMILES string of the molecule is CCOc1ccc(Oc2ccc(C(F)(F)F)cc2NC(=O)c2cnc(C)cn2)cc1. The molecular formula is C21H18F3N3O3. The van der Waals surface area contributed by atoms with Crippen LogP contribution in [0.3, 0.4) is 0 Å². The minimum absolute atomic E-state index is 0.0370. The number of aromatic nitrogens is 2. The molecule has 1 heterocycles. The third-order valence-electron chi connectivity index (χ3n) is 3.93. The number of ether oxygens (including phenoxy) is 2. The van der Waals surface area contributed by atoms with Gasteiger partial charge in [-0.05, 0) is 56.3 Å². The Morgan fingerprint density at radius 3 is 2.33 bits per heavy atom. The lowest BCUT2D eigenvalue weighted by Gasteiger charge is -2.15. The second kappa shape index (κ2) is 8.81. The van der Waals surface area contributed by atoms with Gasteiger partial charge in [-0.2, -0.15) is 13.2 Å². The Labute approximate surface area is 170 Å². The maximum atomic E-state index is 13.2. The highest BCUT2D eigenvalue weighted by molar-refractivity contribution is 6.03. The molecule has 0 saturated carbocycles. The Morgan fingerprint density at radius 1 is 1.03 bits per heavy atom. The maximum absolute atomic E-state index is 13.2. The molecule has 2 aromatic carbocycles. The van der Waals surface area contributed by atoms with Gasteiger partial charge in [-0.3, -0.25) is 9.78 Å². The molecule has 30 heavy (non-hydrogen) atoms. The quantitative estimate of drug-likeness (QED) is 0.593. The van der Waals surface area contributed by atoms with E-state index in [2.05, 4.69) is 15.3 Å². The molecule has 0 aliphatic rings. The summed E-state index contributed by atoms with van der Waals surface area (Å²) in [6.45, 7) is 4.04. The van der Waals surface area contributed by atoms with Gasteiger partial charge in [0.2, 0.25) is 0 Å². The summed E-state index contributed by atoms with van der Waals surface area (Å²) >= 11 is 0. The van der Waals surface area contributed by atoms with E-state index in [4.69, 9.17) is 9.47 Å². The van der Waals surface area contributed by atoms with E-state index in [0.29, 0.717) is 23.8 Å². The van der Waals surface area contributed by atoms with Crippen LogP contribution in [-0.2, 0) is 6.18 Å². The second-order valence-corrected chi connectivity index (χ2v) is 6.21. The Hall–Kier alpha value is -3.62. The molecule has 0 aliphatic heterocycles. The number of alkyl halides is 3. The monoisotopic (exact) mass is 417 g/mol. The average molecular weight is 417 g/mol. The fourth-order valence-corrected chi connectivity index (χ4v) is 2.49. The number of benzene rings is 2. The molecule has 0 unspecified atom stereocenters. The molecule has 0 saturated heterocycles. The second-order valence-electron chi connectivity index (χ2n) is 6.21. The number of halogens is 3. The van der Waals surface area contributed by atoms with Gasteiger partial charge in [0.1, 0.15) is 17.2 Å². The largest absolute Gasteiger partial charge is 0.494 e. The van der Waals surface area contributed by atoms with Crippen LogP contribution in [0, 0.1) is 6.92 Å². The van der Waals surface area contributed by atoms with Gasteiger partial charge < -0.3 is 14.8 Å². The van der Waals surface area contributed by atoms with Crippen molar-refractivity contribution < 1.29 is 27.4 Å². The average Bonchev–Trinajstić information content (AvgIpc) is 2.70. The molecule has 0 spiro atoms. The van der Waals surface area contributed by atoms with Crippen molar-refractivity contribution >= 4 is 11.6 Å². The molecule has 1 amide bonds. The first-order valence-electron chi connectivity index (χ1n) is 8.98. The van der Waals surface area contributed by atoms with Crippen molar-refractivity contribution in [1.82, 2.24) is 9.97 Å². The van der Waals surface area contributed by atoms with Gasteiger partial charge in [-0.15, -0.1) is 0 Å². The van der Waals surface area contributed by atoms with E-state index in [0.717, 1.165) is 18.2 Å². The zero-order chi connectivity index (χ0) is 21.7. The fourth-order valence-electron chi connectivity index (χ4n) is 2.49. The zero-order valence-corrected chi connectivity index (χ0v) is 16.2. The van der Waals surface area contributed by atoms with Gasteiger partial charge in [0, 0.05) is 6.20 Å². The predicted octanol–water partition coefficient (Wildman–Crippen LogP) is 5.25. The first kappa shape index (κ1) is 21.1. The molecule has 0 bridgehead atoms. The van der Waals surface area contributed by atoms with Gasteiger partial charge in [0.25, 0.3) is 5.91 Å². The Bertz CT molecular complexity index is 1020. The highest BCUT2D eigenvalue weighted by atomic mass is 19.4. The fraction of sp³-hybridized carbons (Fsp3) is 0.190. The zero-order valence-electron chi connectivity index (χ0n) is 16.2. The highest BCUT2D eigenvalue weighted by Crippen LogP contribution is 2.37. The number of carbonyl (C=O) groups excluding carboxylic acids is 1. The van der Waals surface area contributed by atoms with Crippen molar-refractivity contribution in [1.29, 1.82) is 0 Å². The highest BCUT2D eigenvalue weighted by Gasteiger charge is 2.31. The maximum Gasteiger partial charge on any atom is 0.416 e. The number of nitrogens with one attached hydrogen (secondary N) is 1. The minimum atomic E-state index is -4.58. The topological polar surface area (TPSA) is 73.3 Å². The van der Waals surface area contributed by atoms with E-state index in [1.807, 2.05) is 6.92 Å². The van der Waals surface area contributed by atoms with Gasteiger partial charge in [-0.25, -0.2) is 4.98 Å². The number of nitrogens with zero attached hydrogens (tertiary/aromatic N) is 2. The third-order valence-corrected chi connectivity index (χ3v) is 3.93. The van der Waals surface area contributed by atoms with Crippen LogP contribution in [0.15, 0.2) is 54.9 Å². The number of aryl methyl sites for hydroxylation is 1. The van der Waals surface area contributed by atoms with Crippen LogP contribution in [0.4, 0.5) is 18.9 Å². The smallest absolute Gasteiger partial charge is 0.416 e. The summed E-state index contributed by atoms with van der Waals surface area (Å²) in [6.07, 6.45) is -1.95. The summed E-state index contributed by atoms with van der Waals surface area (Å²) in [4.78, 5) is 20.3. The normalized spacial score (nSPS) is 11.1. The first-order valence-corrected chi connectivity index (χ1v) is 8.98. The Kier molecular flexibility index (Phi) is 6.20. The van der Waals surface area contributed by atoms with Crippen LogP contribution in [0.2, 0.25) is 0 Å². The van der Waals surface area contributed by atoms with E-state index >= 15 is 0 Å². The molecule has 0 aliphatic carbocycles. The minimum Gasteiger partial charge on any atom is -0.494 e. The summed E-state index contributed by atoms with van der Waals surface area (Å²) in [5.74, 6) is 0.325. The lowest BCUT2D eigenvalue weighted by Crippen LogP contribution is -2.15. The lowest BCUT2D eigenvalue weighted by molar-refractivity contribution is -0.137. The molecular weight excluding hydrogens is 399 g/mol. The van der Waals surface area contributed by atoms with Crippen molar-refractivity contribution in [2.45, 2.75) is 20.0 Å². The van der Waals surface area contributed by atoms with E-state index in [9.17, 15) is 18.0 Å². The Morgan fingerprint density at radius 2 is 1.73 bits per heavy atom. The number of hydrogen-bond acceptors (Lipinski definition) is 5. The van der Waals surface area contributed by atoms with E-state index in [1.165, 1.54) is 12.4 Å². The predicted molar refractivity (Wildman–Crippen MR) is 104 cm³/mol. The molecule has 3 rings (SSSR count). The summed E-state index contributed by atoms with van der Waals surface area (Å²) in [5.41, 5.74) is -0.506.